The first kappa shape index (κ1) is 13.2. The first-order chi connectivity index (χ1) is 7.61. The van der Waals surface area contributed by atoms with Crippen LogP contribution in [0.4, 0.5) is 0 Å². The van der Waals surface area contributed by atoms with Crippen molar-refractivity contribution in [1.82, 2.24) is 4.90 Å². The van der Waals surface area contributed by atoms with Crippen molar-refractivity contribution in [2.75, 3.05) is 20.2 Å². The summed E-state index contributed by atoms with van der Waals surface area (Å²) >= 11 is 0. The summed E-state index contributed by atoms with van der Waals surface area (Å²) in [6.45, 7) is 3.98. The molecule has 0 radical (unpaired) electrons. The van der Waals surface area contributed by atoms with Gasteiger partial charge in [0.15, 0.2) is 0 Å². The predicted octanol–water partition coefficient (Wildman–Crippen LogP) is 1.14. The van der Waals surface area contributed by atoms with E-state index in [-0.39, 0.29) is 12.6 Å². The van der Waals surface area contributed by atoms with Crippen molar-refractivity contribution in [3.8, 4) is 0 Å². The molecule has 0 fully saturated rings. The minimum Gasteiger partial charge on any atom is -0.396 e. The highest BCUT2D eigenvalue weighted by molar-refractivity contribution is 5.21. The fourth-order valence-corrected chi connectivity index (χ4v) is 1.84. The number of likely N-dealkylation sites (N-methyl/N-ethyl adjacent to an activating group) is 1. The zero-order valence-electron chi connectivity index (χ0n) is 10.2. The van der Waals surface area contributed by atoms with Gasteiger partial charge in [0, 0.05) is 25.7 Å². The maximum atomic E-state index is 8.78. The molecule has 16 heavy (non-hydrogen) atoms. The van der Waals surface area contributed by atoms with Gasteiger partial charge in [0.25, 0.3) is 0 Å². The van der Waals surface area contributed by atoms with Crippen LogP contribution < -0.4 is 5.73 Å². The molecule has 1 aromatic rings. The molecule has 0 spiro atoms. The molecule has 90 valence electrons. The minimum atomic E-state index is 0.0554. The third-order valence-electron chi connectivity index (χ3n) is 2.58. The van der Waals surface area contributed by atoms with E-state index in [1.54, 1.807) is 0 Å². The summed E-state index contributed by atoms with van der Waals surface area (Å²) in [4.78, 5) is 2.19. The van der Waals surface area contributed by atoms with Crippen LogP contribution in [0, 0.1) is 6.92 Å². The van der Waals surface area contributed by atoms with E-state index in [4.69, 9.17) is 10.8 Å². The molecule has 0 saturated carbocycles. The molecule has 0 aliphatic heterocycles. The summed E-state index contributed by atoms with van der Waals surface area (Å²) in [6, 6.07) is 8.54. The first-order valence-corrected chi connectivity index (χ1v) is 5.72. The predicted molar refractivity (Wildman–Crippen MR) is 67.2 cm³/mol. The van der Waals surface area contributed by atoms with Gasteiger partial charge < -0.3 is 15.7 Å². The standard InChI is InChI=1S/C13H22N2O/c1-11-4-3-5-12(8-11)9-15(2)10-13(14)6-7-16/h3-5,8,13,16H,6-7,9-10,14H2,1-2H3. The number of aliphatic hydroxyl groups is 1. The van der Waals surface area contributed by atoms with Gasteiger partial charge in [-0.05, 0) is 26.0 Å². The molecule has 0 aliphatic rings. The number of hydrogen-bond acceptors (Lipinski definition) is 3. The van der Waals surface area contributed by atoms with Crippen LogP contribution in [0.15, 0.2) is 24.3 Å². The number of nitrogens with zero attached hydrogens (tertiary/aromatic N) is 1. The molecule has 0 bridgehead atoms. The highest BCUT2D eigenvalue weighted by Gasteiger charge is 2.06. The van der Waals surface area contributed by atoms with Crippen LogP contribution in [0.1, 0.15) is 17.5 Å². The Balaban J connectivity index is 2.42. The lowest BCUT2D eigenvalue weighted by atomic mass is 10.1. The lowest BCUT2D eigenvalue weighted by Crippen LogP contribution is -2.35. The second-order valence-corrected chi connectivity index (χ2v) is 4.46. The summed E-state index contributed by atoms with van der Waals surface area (Å²) in [7, 11) is 2.06. The van der Waals surface area contributed by atoms with Gasteiger partial charge in [-0.1, -0.05) is 29.8 Å². The van der Waals surface area contributed by atoms with E-state index >= 15 is 0 Å². The Morgan fingerprint density at radius 1 is 1.44 bits per heavy atom. The van der Waals surface area contributed by atoms with Gasteiger partial charge in [-0.2, -0.15) is 0 Å². The third-order valence-corrected chi connectivity index (χ3v) is 2.58. The third kappa shape index (κ3) is 4.75. The van der Waals surface area contributed by atoms with Gasteiger partial charge in [-0.25, -0.2) is 0 Å². The van der Waals surface area contributed by atoms with Crippen molar-refractivity contribution in [1.29, 1.82) is 0 Å². The normalized spacial score (nSPS) is 13.1. The van der Waals surface area contributed by atoms with Crippen molar-refractivity contribution >= 4 is 0 Å². The van der Waals surface area contributed by atoms with E-state index in [9.17, 15) is 0 Å². The summed E-state index contributed by atoms with van der Waals surface area (Å²) in [5.41, 5.74) is 8.45. The monoisotopic (exact) mass is 222 g/mol. The number of hydrogen-bond donors (Lipinski definition) is 2. The molecule has 0 aromatic heterocycles. The van der Waals surface area contributed by atoms with Crippen LogP contribution in [0.2, 0.25) is 0 Å². The Morgan fingerprint density at radius 2 is 2.19 bits per heavy atom. The fourth-order valence-electron chi connectivity index (χ4n) is 1.84. The highest BCUT2D eigenvalue weighted by atomic mass is 16.3. The Morgan fingerprint density at radius 3 is 2.81 bits per heavy atom. The van der Waals surface area contributed by atoms with Crippen molar-refractivity contribution in [2.24, 2.45) is 5.73 Å². The van der Waals surface area contributed by atoms with Gasteiger partial charge in [0.05, 0.1) is 0 Å². The summed E-state index contributed by atoms with van der Waals surface area (Å²) in [6.07, 6.45) is 0.665. The number of nitrogens with two attached hydrogens (primary N) is 1. The number of benzene rings is 1. The van der Waals surface area contributed by atoms with Crippen molar-refractivity contribution < 1.29 is 5.11 Å². The van der Waals surface area contributed by atoms with E-state index < -0.39 is 0 Å². The van der Waals surface area contributed by atoms with Gasteiger partial charge in [-0.3, -0.25) is 0 Å². The molecule has 1 aromatic carbocycles. The molecular weight excluding hydrogens is 200 g/mol. The second-order valence-electron chi connectivity index (χ2n) is 4.46. The van der Waals surface area contributed by atoms with Crippen LogP contribution in [-0.2, 0) is 6.54 Å². The molecule has 0 saturated heterocycles. The van der Waals surface area contributed by atoms with E-state index in [1.807, 2.05) is 0 Å². The van der Waals surface area contributed by atoms with Crippen LogP contribution in [0.3, 0.4) is 0 Å². The van der Waals surface area contributed by atoms with E-state index in [0.717, 1.165) is 13.1 Å². The van der Waals surface area contributed by atoms with Crippen LogP contribution in [0.5, 0.6) is 0 Å². The molecule has 3 nitrogen and oxygen atoms in total. The Kier molecular flexibility index (Phi) is 5.46. The lowest BCUT2D eigenvalue weighted by molar-refractivity contribution is 0.244. The fraction of sp³-hybridized carbons (Fsp3) is 0.538. The molecule has 0 heterocycles. The Labute approximate surface area is 97.9 Å². The maximum Gasteiger partial charge on any atom is 0.0446 e. The van der Waals surface area contributed by atoms with Gasteiger partial charge in [0.1, 0.15) is 0 Å². The second kappa shape index (κ2) is 6.63. The van der Waals surface area contributed by atoms with Gasteiger partial charge in [-0.15, -0.1) is 0 Å². The number of rotatable bonds is 6. The Hall–Kier alpha value is -0.900. The summed E-state index contributed by atoms with van der Waals surface area (Å²) in [5, 5.41) is 8.78. The largest absolute Gasteiger partial charge is 0.396 e. The van der Waals surface area contributed by atoms with Crippen molar-refractivity contribution in [3.63, 3.8) is 0 Å². The number of aliphatic hydroxyl groups excluding tert-OH is 1. The van der Waals surface area contributed by atoms with E-state index in [1.165, 1.54) is 11.1 Å². The van der Waals surface area contributed by atoms with Crippen LogP contribution in [-0.4, -0.2) is 36.2 Å². The van der Waals surface area contributed by atoms with Crippen LogP contribution >= 0.6 is 0 Å². The summed E-state index contributed by atoms with van der Waals surface area (Å²) < 4.78 is 0. The molecule has 3 N–H and O–H groups in total. The van der Waals surface area contributed by atoms with Crippen molar-refractivity contribution in [2.45, 2.75) is 25.9 Å². The SMILES string of the molecule is Cc1cccc(CN(C)CC(N)CCO)c1. The average molecular weight is 222 g/mol. The quantitative estimate of drug-likeness (QED) is 0.759. The number of aryl methyl sites for hydroxylation is 1. The lowest BCUT2D eigenvalue weighted by Gasteiger charge is -2.20. The molecule has 1 atom stereocenters. The topological polar surface area (TPSA) is 49.5 Å². The highest BCUT2D eigenvalue weighted by Crippen LogP contribution is 2.06. The Bertz CT molecular complexity index is 315. The smallest absolute Gasteiger partial charge is 0.0446 e. The maximum absolute atomic E-state index is 8.78. The molecular formula is C13H22N2O. The van der Waals surface area contributed by atoms with Crippen LogP contribution in [0.25, 0.3) is 0 Å². The molecule has 0 amide bonds. The van der Waals surface area contributed by atoms with E-state index in [0.29, 0.717) is 6.42 Å². The minimum absolute atomic E-state index is 0.0554. The van der Waals surface area contributed by atoms with E-state index in [2.05, 4.69) is 43.1 Å². The molecule has 3 heteroatoms. The van der Waals surface area contributed by atoms with Gasteiger partial charge >= 0.3 is 0 Å². The first-order valence-electron chi connectivity index (χ1n) is 5.72. The molecule has 0 aliphatic carbocycles. The molecule has 1 rings (SSSR count). The zero-order valence-corrected chi connectivity index (χ0v) is 10.2. The molecule has 1 unspecified atom stereocenters. The average Bonchev–Trinajstić information content (AvgIpc) is 2.17. The summed E-state index contributed by atoms with van der Waals surface area (Å²) in [5.74, 6) is 0. The van der Waals surface area contributed by atoms with Gasteiger partial charge in [0.2, 0.25) is 0 Å². The van der Waals surface area contributed by atoms with Crippen molar-refractivity contribution in [3.05, 3.63) is 35.4 Å². The zero-order chi connectivity index (χ0) is 12.0.